The molecule has 3 heterocycles. The molecule has 7 aromatic rings. The van der Waals surface area contributed by atoms with Crippen LogP contribution in [0.3, 0.4) is 0 Å². The summed E-state index contributed by atoms with van der Waals surface area (Å²) in [6.45, 7) is 26.3. The van der Waals surface area contributed by atoms with E-state index in [2.05, 4.69) is 230 Å². The third kappa shape index (κ3) is 5.57. The van der Waals surface area contributed by atoms with Crippen molar-refractivity contribution in [2.75, 3.05) is 14.7 Å². The van der Waals surface area contributed by atoms with E-state index in [1.165, 1.54) is 132 Å². The van der Waals surface area contributed by atoms with Crippen LogP contribution >= 0.6 is 0 Å². The molecule has 7 aromatic carbocycles. The van der Waals surface area contributed by atoms with Gasteiger partial charge in [0, 0.05) is 56.2 Å². The van der Waals surface area contributed by atoms with Crippen LogP contribution in [0, 0.1) is 6.92 Å². The van der Waals surface area contributed by atoms with Gasteiger partial charge in [0.05, 0.1) is 11.2 Å². The first-order chi connectivity index (χ1) is 31.4. The second-order valence-corrected chi connectivity index (χ2v) is 23.4. The average molecular weight is 862 g/mol. The summed E-state index contributed by atoms with van der Waals surface area (Å²) in [4.78, 5) is 8.06. The van der Waals surface area contributed by atoms with Gasteiger partial charge in [-0.15, -0.1) is 0 Å². The van der Waals surface area contributed by atoms with Gasteiger partial charge in [-0.3, -0.25) is 0 Å². The minimum absolute atomic E-state index is 0.0113. The molecule has 0 radical (unpaired) electrons. The molecule has 0 N–H and O–H groups in total. The first-order valence-corrected chi connectivity index (χ1v) is 24.7. The third-order valence-corrected chi connectivity index (χ3v) is 17.1. The molecule has 5 aliphatic rings. The Morgan fingerprint density at radius 1 is 0.485 bits per heavy atom. The molecule has 66 heavy (non-hydrogen) atoms. The van der Waals surface area contributed by atoms with Crippen LogP contribution in [-0.4, -0.2) is 12.3 Å². The molecule has 2 unspecified atom stereocenters. The number of benzene rings is 7. The molecule has 0 aromatic heterocycles. The quantitative estimate of drug-likeness (QED) is 0.164. The SMILES string of the molecule is Cc1cc2c3c(c1)N(c1cccc4c1-c1ccccc1C4(C)C)c1cc(C(C)(C)C)ccc1B3c1ccc(N3c4ccccc4C4(C)CCCCC34C)cc1N2c1cccc(C(C)(C)C)c1. The molecule has 2 atom stereocenters. The number of para-hydroxylation sites is 1. The number of nitrogens with zero attached hydrogens (tertiary/aromatic N) is 3. The number of anilines is 8. The Kier molecular flexibility index (Phi) is 8.65. The van der Waals surface area contributed by atoms with Gasteiger partial charge in [-0.05, 0) is 147 Å². The Morgan fingerprint density at radius 3 is 1.85 bits per heavy atom. The van der Waals surface area contributed by atoms with Gasteiger partial charge in [-0.1, -0.05) is 160 Å². The van der Waals surface area contributed by atoms with Crippen molar-refractivity contribution in [3.8, 4) is 11.1 Å². The second-order valence-electron chi connectivity index (χ2n) is 23.4. The number of aryl methyl sites for hydroxylation is 1. The Morgan fingerprint density at radius 2 is 1.09 bits per heavy atom. The highest BCUT2D eigenvalue weighted by atomic mass is 15.3. The fraction of sp³-hybridized carbons (Fsp3) is 0.323. The summed E-state index contributed by atoms with van der Waals surface area (Å²) < 4.78 is 0. The maximum atomic E-state index is 2.75. The maximum absolute atomic E-state index is 2.75. The van der Waals surface area contributed by atoms with Gasteiger partial charge in [0.2, 0.25) is 0 Å². The highest BCUT2D eigenvalue weighted by molar-refractivity contribution is 7.00. The molecule has 4 heteroatoms. The highest BCUT2D eigenvalue weighted by Gasteiger charge is 2.58. The van der Waals surface area contributed by atoms with E-state index < -0.39 is 0 Å². The molecule has 330 valence electrons. The molecule has 1 fully saturated rings. The van der Waals surface area contributed by atoms with Crippen molar-refractivity contribution < 1.29 is 0 Å². The number of fused-ring (bicyclic) bond motifs is 10. The minimum Gasteiger partial charge on any atom is -0.334 e. The smallest absolute Gasteiger partial charge is 0.252 e. The summed E-state index contributed by atoms with van der Waals surface area (Å²) in [5.74, 6) is 0. The largest absolute Gasteiger partial charge is 0.334 e. The lowest BCUT2D eigenvalue weighted by Gasteiger charge is -2.50. The van der Waals surface area contributed by atoms with Gasteiger partial charge < -0.3 is 14.7 Å². The number of hydrogen-bond donors (Lipinski definition) is 0. The predicted octanol–water partition coefficient (Wildman–Crippen LogP) is 14.7. The molecule has 0 bridgehead atoms. The van der Waals surface area contributed by atoms with Crippen molar-refractivity contribution in [1.82, 2.24) is 0 Å². The van der Waals surface area contributed by atoms with Crippen molar-refractivity contribution in [3.05, 3.63) is 173 Å². The lowest BCUT2D eigenvalue weighted by molar-refractivity contribution is 0.195. The van der Waals surface area contributed by atoms with Crippen LogP contribution in [0.2, 0.25) is 0 Å². The molecule has 0 saturated heterocycles. The maximum Gasteiger partial charge on any atom is 0.252 e. The standard InChI is InChI=1S/C62H64BN3/c1-39-34-54-57-55(35-39)65(51-27-19-25-47-56(51)44-22-12-13-23-45(44)60(47,8)9)52-37-41(59(5,6)7)28-30-48(52)63(57)49-31-29-43(38-53(49)64(54)42-21-18-20-40(36-42)58(2,3)4)66-50-26-15-14-24-46(50)61(10)32-16-17-33-62(61,66)11/h12-15,18-31,34-38H,16-17,32-33H2,1-11H3. The number of hydrogen-bond acceptors (Lipinski definition) is 3. The molecule has 1 saturated carbocycles. The predicted molar refractivity (Wildman–Crippen MR) is 283 cm³/mol. The van der Waals surface area contributed by atoms with Crippen LogP contribution < -0.4 is 31.1 Å². The number of rotatable bonds is 3. The zero-order chi connectivity index (χ0) is 45.9. The van der Waals surface area contributed by atoms with Gasteiger partial charge in [-0.25, -0.2) is 0 Å². The summed E-state index contributed by atoms with van der Waals surface area (Å²) in [5.41, 5.74) is 25.1. The lowest BCUT2D eigenvalue weighted by Crippen LogP contribution is -2.61. The van der Waals surface area contributed by atoms with Crippen LogP contribution in [0.15, 0.2) is 140 Å². The highest BCUT2D eigenvalue weighted by Crippen LogP contribution is 2.61. The molecular formula is C62H64BN3. The molecule has 3 nitrogen and oxygen atoms in total. The summed E-state index contributed by atoms with van der Waals surface area (Å²) in [7, 11) is 0. The molecule has 12 rings (SSSR count). The topological polar surface area (TPSA) is 9.72 Å². The van der Waals surface area contributed by atoms with Crippen molar-refractivity contribution in [2.45, 2.75) is 129 Å². The Hall–Kier alpha value is -6.00. The van der Waals surface area contributed by atoms with E-state index in [-0.39, 0.29) is 33.9 Å². The molecule has 0 spiro atoms. The monoisotopic (exact) mass is 862 g/mol. The lowest BCUT2D eigenvalue weighted by atomic mass is 9.33. The average Bonchev–Trinajstić information content (AvgIpc) is 3.65. The van der Waals surface area contributed by atoms with Crippen molar-refractivity contribution in [2.24, 2.45) is 0 Å². The molecular weight excluding hydrogens is 798 g/mol. The summed E-state index contributed by atoms with van der Waals surface area (Å²) in [6.07, 6.45) is 4.91. The van der Waals surface area contributed by atoms with Crippen LogP contribution in [0.25, 0.3) is 11.1 Å². The summed E-state index contributed by atoms with van der Waals surface area (Å²) in [6, 6.07) is 54.9. The van der Waals surface area contributed by atoms with Gasteiger partial charge >= 0.3 is 0 Å². The molecule has 2 aliphatic carbocycles. The van der Waals surface area contributed by atoms with E-state index in [0.29, 0.717) is 0 Å². The first-order valence-electron chi connectivity index (χ1n) is 24.7. The van der Waals surface area contributed by atoms with Gasteiger partial charge in [0.15, 0.2) is 0 Å². The Bertz CT molecular complexity index is 3180. The fourth-order valence-electron chi connectivity index (χ4n) is 13.4. The van der Waals surface area contributed by atoms with Gasteiger partial charge in [0.1, 0.15) is 0 Å². The first kappa shape index (κ1) is 41.4. The van der Waals surface area contributed by atoms with E-state index in [4.69, 9.17) is 0 Å². The Balaban J connectivity index is 1.16. The zero-order valence-corrected chi connectivity index (χ0v) is 41.0. The van der Waals surface area contributed by atoms with Crippen molar-refractivity contribution in [1.29, 1.82) is 0 Å². The zero-order valence-electron chi connectivity index (χ0n) is 41.0. The van der Waals surface area contributed by atoms with Crippen molar-refractivity contribution in [3.63, 3.8) is 0 Å². The Labute approximate surface area is 394 Å². The van der Waals surface area contributed by atoms with E-state index >= 15 is 0 Å². The van der Waals surface area contributed by atoms with Crippen LogP contribution in [0.1, 0.15) is 128 Å². The third-order valence-electron chi connectivity index (χ3n) is 17.1. The van der Waals surface area contributed by atoms with Gasteiger partial charge in [0.25, 0.3) is 6.71 Å². The van der Waals surface area contributed by atoms with Crippen molar-refractivity contribution >= 4 is 68.6 Å². The van der Waals surface area contributed by atoms with Crippen LogP contribution in [-0.2, 0) is 21.7 Å². The van der Waals surface area contributed by atoms with E-state index in [0.717, 1.165) is 0 Å². The van der Waals surface area contributed by atoms with Crippen LogP contribution in [0.4, 0.5) is 45.5 Å². The van der Waals surface area contributed by atoms with Gasteiger partial charge in [-0.2, -0.15) is 0 Å². The summed E-state index contributed by atoms with van der Waals surface area (Å²) in [5, 5.41) is 0. The van der Waals surface area contributed by atoms with Crippen LogP contribution in [0.5, 0.6) is 0 Å². The van der Waals surface area contributed by atoms with E-state index in [1.54, 1.807) is 0 Å². The van der Waals surface area contributed by atoms with E-state index in [9.17, 15) is 0 Å². The molecule has 0 amide bonds. The van der Waals surface area contributed by atoms with E-state index in [1.807, 2.05) is 0 Å². The fourth-order valence-corrected chi connectivity index (χ4v) is 13.4. The summed E-state index contributed by atoms with van der Waals surface area (Å²) >= 11 is 0. The molecule has 3 aliphatic heterocycles. The second kappa shape index (κ2) is 13.8. The normalized spacial score (nSPS) is 20.8. The minimum atomic E-state index is -0.115.